The van der Waals surface area contributed by atoms with E-state index in [-0.39, 0.29) is 47.6 Å². The molecular weight excluding hydrogens is 637 g/mol. The van der Waals surface area contributed by atoms with Crippen molar-refractivity contribution >= 4 is 18.2 Å². The Morgan fingerprint density at radius 1 is 1.08 bits per heavy atom. The van der Waals surface area contributed by atoms with Gasteiger partial charge in [0.2, 0.25) is 5.88 Å². The molecule has 3 heterocycles. The summed E-state index contributed by atoms with van der Waals surface area (Å²) in [6, 6.07) is 16.8. The van der Waals surface area contributed by atoms with Crippen molar-refractivity contribution in [2.45, 2.75) is 25.4 Å². The van der Waals surface area contributed by atoms with Gasteiger partial charge in [-0.25, -0.2) is 19.8 Å². The predicted molar refractivity (Wildman–Crippen MR) is 173 cm³/mol. The van der Waals surface area contributed by atoms with Gasteiger partial charge in [-0.15, -0.1) is 0 Å². The van der Waals surface area contributed by atoms with E-state index >= 15 is 0 Å². The van der Waals surface area contributed by atoms with Crippen molar-refractivity contribution in [1.82, 2.24) is 20.8 Å². The molecule has 4 aromatic rings. The molecule has 1 aliphatic rings. The van der Waals surface area contributed by atoms with Gasteiger partial charge in [0, 0.05) is 55.3 Å². The molecule has 0 unspecified atom stereocenters. The van der Waals surface area contributed by atoms with Gasteiger partial charge in [0.15, 0.2) is 18.1 Å². The Morgan fingerprint density at radius 3 is 2.41 bits per heavy atom. The van der Waals surface area contributed by atoms with Crippen molar-refractivity contribution in [3.8, 4) is 51.8 Å². The van der Waals surface area contributed by atoms with Crippen LogP contribution in [0.2, 0.25) is 0 Å². The van der Waals surface area contributed by atoms with Crippen LogP contribution in [0.3, 0.4) is 0 Å². The largest absolute Gasteiger partial charge is 0.504 e. The first-order chi connectivity index (χ1) is 23.8. The van der Waals surface area contributed by atoms with Gasteiger partial charge in [0.1, 0.15) is 29.3 Å². The number of carbonyl (C=O) groups excluding carboxylic acids is 1. The molecule has 5 rings (SSSR count). The van der Waals surface area contributed by atoms with Gasteiger partial charge >= 0.3 is 0 Å². The molecule has 5 N–H and O–H groups in total. The number of methoxy groups -OCH3 is 1. The molecule has 2 aromatic heterocycles. The molecule has 1 aliphatic heterocycles. The van der Waals surface area contributed by atoms with Crippen LogP contribution >= 0.6 is 0 Å². The number of pyridine rings is 2. The molecule has 1 fully saturated rings. The standard InChI is InChI=1S/C33H30FN7O5.CH2O2/c1-45-29-6-5-21(13-28(29)42)26-18-39-33(25(15-36)32(26)22-3-4-23(14-35)27(34)12-22)41-10-8-24(9-11-41)37-16-20-2-7-31(38-17-20)46-19-30(43)40-44;2-1-3/h2-7,12-13,17-18,24,37,42,44H,8-11,16,19H2,1H3,(H,40,43);1H,(H,2,3). The molecule has 14 nitrogen and oxygen atoms in total. The lowest BCUT2D eigenvalue weighted by molar-refractivity contribution is -0.131. The number of piperidine rings is 1. The van der Waals surface area contributed by atoms with Gasteiger partial charge in [-0.3, -0.25) is 14.8 Å². The maximum atomic E-state index is 14.8. The van der Waals surface area contributed by atoms with E-state index in [1.807, 2.05) is 17.0 Å². The van der Waals surface area contributed by atoms with Crippen LogP contribution < -0.4 is 25.2 Å². The summed E-state index contributed by atoms with van der Waals surface area (Å²) in [5, 5.41) is 49.1. The monoisotopic (exact) mass is 669 g/mol. The number of aromatic nitrogens is 2. The summed E-state index contributed by atoms with van der Waals surface area (Å²) in [5.74, 6) is -0.464. The number of hydrogen-bond donors (Lipinski definition) is 5. The Balaban J connectivity index is 0.00000174. The Bertz CT molecular complexity index is 1870. The first-order valence-corrected chi connectivity index (χ1v) is 14.8. The summed E-state index contributed by atoms with van der Waals surface area (Å²) in [4.78, 5) is 30.4. The van der Waals surface area contributed by atoms with E-state index in [0.717, 1.165) is 18.4 Å². The van der Waals surface area contributed by atoms with Crippen LogP contribution in [0.5, 0.6) is 17.4 Å². The van der Waals surface area contributed by atoms with Crippen LogP contribution in [0.25, 0.3) is 22.3 Å². The molecule has 1 amide bonds. The predicted octanol–water partition coefficient (Wildman–Crippen LogP) is 3.75. The zero-order chi connectivity index (χ0) is 35.3. The van der Waals surface area contributed by atoms with Crippen molar-refractivity contribution in [2.75, 3.05) is 31.7 Å². The van der Waals surface area contributed by atoms with Gasteiger partial charge < -0.3 is 29.9 Å². The highest BCUT2D eigenvalue weighted by Crippen LogP contribution is 2.41. The van der Waals surface area contributed by atoms with E-state index in [0.29, 0.717) is 47.7 Å². The number of hydrogen-bond acceptors (Lipinski definition) is 12. The minimum Gasteiger partial charge on any atom is -0.504 e. The molecule has 1 saturated heterocycles. The molecule has 0 spiro atoms. The number of rotatable bonds is 10. The lowest BCUT2D eigenvalue weighted by Gasteiger charge is -2.34. The molecule has 0 aliphatic carbocycles. The zero-order valence-corrected chi connectivity index (χ0v) is 26.3. The SMILES string of the molecule is COc1ccc(-c2cnc(N3CCC(NCc4ccc(OCC(=O)NO)nc4)CC3)c(C#N)c2-c2ccc(C#N)c(F)c2)cc1O.O=CO. The summed E-state index contributed by atoms with van der Waals surface area (Å²) in [7, 11) is 1.44. The second kappa shape index (κ2) is 17.0. The Hall–Kier alpha value is -6.29. The van der Waals surface area contributed by atoms with Gasteiger partial charge in [0.25, 0.3) is 12.4 Å². The molecule has 15 heteroatoms. The molecule has 2 aromatic carbocycles. The lowest BCUT2D eigenvalue weighted by atomic mass is 9.91. The fraction of sp³-hybridized carbons (Fsp3) is 0.235. The number of carboxylic acid groups (broad SMARTS) is 1. The Labute approximate surface area is 280 Å². The second-order valence-corrected chi connectivity index (χ2v) is 10.6. The fourth-order valence-corrected chi connectivity index (χ4v) is 5.31. The average Bonchev–Trinajstić information content (AvgIpc) is 3.13. The topological polar surface area (TPSA) is 214 Å². The molecular formula is C34H32FN7O7. The normalized spacial score (nSPS) is 12.5. The van der Waals surface area contributed by atoms with Gasteiger partial charge in [-0.2, -0.15) is 10.5 Å². The number of ether oxygens (including phenoxy) is 2. The number of hydroxylamine groups is 1. The summed E-state index contributed by atoms with van der Waals surface area (Å²) in [6.45, 7) is 1.19. The van der Waals surface area contributed by atoms with E-state index in [2.05, 4.69) is 21.4 Å². The van der Waals surface area contributed by atoms with Crippen LogP contribution in [0.4, 0.5) is 10.2 Å². The summed E-state index contributed by atoms with van der Waals surface area (Å²) in [5.41, 5.74) is 4.48. The van der Waals surface area contributed by atoms with Crippen molar-refractivity contribution in [1.29, 1.82) is 10.5 Å². The molecule has 252 valence electrons. The number of nitrogens with zero attached hydrogens (tertiary/aromatic N) is 5. The summed E-state index contributed by atoms with van der Waals surface area (Å²) in [6.07, 6.45) is 4.80. The number of phenols is 1. The number of benzene rings is 2. The number of anilines is 1. The van der Waals surface area contributed by atoms with E-state index in [1.54, 1.807) is 36.7 Å². The van der Waals surface area contributed by atoms with E-state index in [4.69, 9.17) is 24.6 Å². The minimum absolute atomic E-state index is 0.0961. The van der Waals surface area contributed by atoms with Crippen LogP contribution in [0.1, 0.15) is 29.5 Å². The van der Waals surface area contributed by atoms with Crippen LogP contribution in [-0.2, 0) is 16.1 Å². The van der Waals surface area contributed by atoms with Gasteiger partial charge in [-0.05, 0) is 53.8 Å². The first kappa shape index (κ1) is 35.6. The van der Waals surface area contributed by atoms with Crippen molar-refractivity contribution in [3.05, 3.63) is 83.4 Å². The van der Waals surface area contributed by atoms with Crippen molar-refractivity contribution < 1.29 is 38.9 Å². The maximum Gasteiger partial charge on any atom is 0.290 e. The zero-order valence-electron chi connectivity index (χ0n) is 26.3. The molecule has 0 atom stereocenters. The molecule has 0 bridgehead atoms. The number of nitriles is 2. The second-order valence-electron chi connectivity index (χ2n) is 10.6. The number of amides is 1. The third kappa shape index (κ3) is 8.75. The van der Waals surface area contributed by atoms with Gasteiger partial charge in [-0.1, -0.05) is 18.2 Å². The Kier molecular flexibility index (Phi) is 12.4. The quantitative estimate of drug-likeness (QED) is 0.0925. The van der Waals surface area contributed by atoms with Crippen molar-refractivity contribution in [3.63, 3.8) is 0 Å². The van der Waals surface area contributed by atoms with E-state index in [1.165, 1.54) is 30.8 Å². The van der Waals surface area contributed by atoms with Crippen LogP contribution in [0, 0.1) is 28.5 Å². The van der Waals surface area contributed by atoms with Crippen LogP contribution in [0.15, 0.2) is 60.9 Å². The molecule has 0 radical (unpaired) electrons. The molecule has 0 saturated carbocycles. The van der Waals surface area contributed by atoms with E-state index < -0.39 is 11.7 Å². The number of nitrogens with one attached hydrogen (secondary N) is 2. The van der Waals surface area contributed by atoms with Crippen molar-refractivity contribution in [2.24, 2.45) is 0 Å². The third-order valence-electron chi connectivity index (χ3n) is 7.70. The highest BCUT2D eigenvalue weighted by atomic mass is 19.1. The number of aromatic hydroxyl groups is 1. The molecule has 49 heavy (non-hydrogen) atoms. The van der Waals surface area contributed by atoms with Gasteiger partial charge in [0.05, 0.1) is 12.7 Å². The minimum atomic E-state index is -0.705. The number of phenolic OH excluding ortho intramolecular Hbond substituents is 1. The number of halogens is 1. The summed E-state index contributed by atoms with van der Waals surface area (Å²) < 4.78 is 25.2. The first-order valence-electron chi connectivity index (χ1n) is 14.8. The van der Waals surface area contributed by atoms with Crippen LogP contribution in [-0.4, -0.2) is 70.6 Å². The summed E-state index contributed by atoms with van der Waals surface area (Å²) >= 11 is 0. The third-order valence-corrected chi connectivity index (χ3v) is 7.70. The average molecular weight is 670 g/mol. The maximum absolute atomic E-state index is 14.8. The smallest absolute Gasteiger partial charge is 0.290 e. The number of carbonyl (C=O) groups is 2. The Morgan fingerprint density at radius 2 is 1.82 bits per heavy atom. The van der Waals surface area contributed by atoms with E-state index in [9.17, 15) is 24.8 Å². The fourth-order valence-electron chi connectivity index (χ4n) is 5.31. The lowest BCUT2D eigenvalue weighted by Crippen LogP contribution is -2.42. The highest BCUT2D eigenvalue weighted by Gasteiger charge is 2.26. The highest BCUT2D eigenvalue weighted by molar-refractivity contribution is 5.90.